The second kappa shape index (κ2) is 8.62. The Hall–Kier alpha value is -3.58. The molecule has 1 amide bonds. The molecule has 0 aromatic heterocycles. The van der Waals surface area contributed by atoms with E-state index < -0.39 is 0 Å². The van der Waals surface area contributed by atoms with Gasteiger partial charge in [-0.15, -0.1) is 0 Å². The first-order valence-corrected chi connectivity index (χ1v) is 9.49. The monoisotopic (exact) mass is 384 g/mol. The fraction of sp³-hybridized carbons (Fsp3) is 0.200. The van der Waals surface area contributed by atoms with Gasteiger partial charge in [0.2, 0.25) is 0 Å². The SMILES string of the molecule is CC(C)(C)c1ccc(OCc2ccc(C(=O)Nc3ccc(C#N)cc3)cc2)cc1. The normalized spacial score (nSPS) is 10.8. The molecule has 0 fully saturated rings. The molecule has 29 heavy (non-hydrogen) atoms. The van der Waals surface area contributed by atoms with Crippen molar-refractivity contribution in [1.29, 1.82) is 5.26 Å². The average molecular weight is 384 g/mol. The number of amides is 1. The van der Waals surface area contributed by atoms with Gasteiger partial charge in [-0.05, 0) is 65.1 Å². The Labute approximate surface area is 171 Å². The summed E-state index contributed by atoms with van der Waals surface area (Å²) in [6.45, 7) is 6.98. The number of anilines is 1. The number of carbonyl (C=O) groups is 1. The summed E-state index contributed by atoms with van der Waals surface area (Å²) in [5.74, 6) is 0.626. The van der Waals surface area contributed by atoms with Gasteiger partial charge in [-0.25, -0.2) is 0 Å². The quantitative estimate of drug-likeness (QED) is 0.615. The van der Waals surface area contributed by atoms with Crippen molar-refractivity contribution in [2.45, 2.75) is 32.8 Å². The van der Waals surface area contributed by atoms with E-state index in [0.717, 1.165) is 11.3 Å². The van der Waals surface area contributed by atoms with E-state index in [0.29, 0.717) is 23.4 Å². The summed E-state index contributed by atoms with van der Waals surface area (Å²) in [6, 6.07) is 24.3. The summed E-state index contributed by atoms with van der Waals surface area (Å²) in [6.07, 6.45) is 0. The maximum atomic E-state index is 12.4. The molecule has 0 aliphatic heterocycles. The minimum Gasteiger partial charge on any atom is -0.489 e. The van der Waals surface area contributed by atoms with Gasteiger partial charge in [0.1, 0.15) is 12.4 Å². The molecule has 0 heterocycles. The molecule has 0 saturated carbocycles. The van der Waals surface area contributed by atoms with E-state index in [4.69, 9.17) is 10.00 Å². The van der Waals surface area contributed by atoms with Crippen molar-refractivity contribution in [3.05, 3.63) is 95.1 Å². The van der Waals surface area contributed by atoms with Crippen LogP contribution in [0.1, 0.15) is 47.8 Å². The average Bonchev–Trinajstić information content (AvgIpc) is 2.73. The molecule has 0 bridgehead atoms. The Balaban J connectivity index is 1.56. The van der Waals surface area contributed by atoms with Crippen molar-refractivity contribution in [3.63, 3.8) is 0 Å². The molecule has 0 saturated heterocycles. The first-order chi connectivity index (χ1) is 13.8. The number of nitriles is 1. The Bertz CT molecular complexity index is 1010. The fourth-order valence-electron chi connectivity index (χ4n) is 2.80. The summed E-state index contributed by atoms with van der Waals surface area (Å²) in [4.78, 5) is 12.4. The van der Waals surface area contributed by atoms with Crippen molar-refractivity contribution in [2.24, 2.45) is 0 Å². The zero-order valence-electron chi connectivity index (χ0n) is 16.9. The third-order valence-electron chi connectivity index (χ3n) is 4.61. The lowest BCUT2D eigenvalue weighted by Crippen LogP contribution is -2.12. The molecule has 0 atom stereocenters. The zero-order valence-corrected chi connectivity index (χ0v) is 16.9. The van der Waals surface area contributed by atoms with Crippen molar-refractivity contribution >= 4 is 11.6 Å². The summed E-state index contributed by atoms with van der Waals surface area (Å²) < 4.78 is 5.85. The van der Waals surface area contributed by atoms with Crippen LogP contribution in [0.3, 0.4) is 0 Å². The predicted molar refractivity (Wildman–Crippen MR) is 115 cm³/mol. The zero-order chi connectivity index (χ0) is 20.9. The second-order valence-electron chi connectivity index (χ2n) is 7.90. The number of hydrogen-bond donors (Lipinski definition) is 1. The van der Waals surface area contributed by atoms with Crippen molar-refractivity contribution in [2.75, 3.05) is 5.32 Å². The minimum atomic E-state index is -0.194. The Morgan fingerprint density at radius 3 is 2.10 bits per heavy atom. The molecule has 0 aliphatic carbocycles. The number of ether oxygens (including phenoxy) is 1. The maximum Gasteiger partial charge on any atom is 0.255 e. The summed E-state index contributed by atoms with van der Waals surface area (Å²) in [7, 11) is 0. The van der Waals surface area contributed by atoms with Crippen LogP contribution in [0.15, 0.2) is 72.8 Å². The van der Waals surface area contributed by atoms with Gasteiger partial charge in [0, 0.05) is 11.3 Å². The predicted octanol–water partition coefficient (Wildman–Crippen LogP) is 5.69. The van der Waals surface area contributed by atoms with Crippen molar-refractivity contribution in [1.82, 2.24) is 0 Å². The van der Waals surface area contributed by atoms with Gasteiger partial charge in [0.05, 0.1) is 11.6 Å². The molecule has 146 valence electrons. The standard InChI is InChI=1S/C25H24N2O2/c1-25(2,3)21-10-14-23(15-11-21)29-17-19-4-8-20(9-5-19)24(28)27-22-12-6-18(16-26)7-13-22/h4-15H,17H2,1-3H3,(H,27,28). The first kappa shape index (κ1) is 20.2. The second-order valence-corrected chi connectivity index (χ2v) is 7.90. The van der Waals surface area contributed by atoms with Gasteiger partial charge in [0.25, 0.3) is 5.91 Å². The molecule has 3 aromatic rings. The van der Waals surface area contributed by atoms with E-state index in [1.54, 1.807) is 36.4 Å². The highest BCUT2D eigenvalue weighted by Crippen LogP contribution is 2.24. The van der Waals surface area contributed by atoms with Gasteiger partial charge >= 0.3 is 0 Å². The molecular formula is C25H24N2O2. The number of nitrogens with zero attached hydrogens (tertiary/aromatic N) is 1. The molecule has 1 N–H and O–H groups in total. The molecule has 0 radical (unpaired) electrons. The molecule has 3 aromatic carbocycles. The highest BCUT2D eigenvalue weighted by Gasteiger charge is 2.13. The van der Waals surface area contributed by atoms with Crippen molar-refractivity contribution in [3.8, 4) is 11.8 Å². The van der Waals surface area contributed by atoms with E-state index >= 15 is 0 Å². The third kappa shape index (κ3) is 5.46. The number of carbonyl (C=O) groups excluding carboxylic acids is 1. The lowest BCUT2D eigenvalue weighted by molar-refractivity contribution is 0.102. The van der Waals surface area contributed by atoms with Crippen molar-refractivity contribution < 1.29 is 9.53 Å². The van der Waals surface area contributed by atoms with Crippen LogP contribution in [0, 0.1) is 11.3 Å². The molecule has 0 spiro atoms. The number of hydrogen-bond acceptors (Lipinski definition) is 3. The molecular weight excluding hydrogens is 360 g/mol. The highest BCUT2D eigenvalue weighted by atomic mass is 16.5. The van der Waals surface area contributed by atoms with E-state index in [9.17, 15) is 4.79 Å². The Morgan fingerprint density at radius 2 is 1.55 bits per heavy atom. The van der Waals surface area contributed by atoms with Gasteiger partial charge in [0.15, 0.2) is 0 Å². The summed E-state index contributed by atoms with van der Waals surface area (Å²) >= 11 is 0. The number of rotatable bonds is 5. The van der Waals surface area contributed by atoms with E-state index in [1.807, 2.05) is 24.3 Å². The van der Waals surface area contributed by atoms with Crippen LogP contribution in [0.25, 0.3) is 0 Å². The third-order valence-corrected chi connectivity index (χ3v) is 4.61. The lowest BCUT2D eigenvalue weighted by Gasteiger charge is -2.19. The topological polar surface area (TPSA) is 62.1 Å². The van der Waals surface area contributed by atoms with Gasteiger partial charge in [-0.2, -0.15) is 5.26 Å². The van der Waals surface area contributed by atoms with Crippen LogP contribution in [-0.4, -0.2) is 5.91 Å². The van der Waals surface area contributed by atoms with Crippen LogP contribution in [0.4, 0.5) is 5.69 Å². The van der Waals surface area contributed by atoms with Crippen LogP contribution >= 0.6 is 0 Å². The summed E-state index contributed by atoms with van der Waals surface area (Å²) in [5.41, 5.74) is 4.14. The largest absolute Gasteiger partial charge is 0.489 e. The Kier molecular flexibility index (Phi) is 5.99. The van der Waals surface area contributed by atoms with Crippen LogP contribution in [0.2, 0.25) is 0 Å². The van der Waals surface area contributed by atoms with E-state index in [1.165, 1.54) is 5.56 Å². The summed E-state index contributed by atoms with van der Waals surface area (Å²) in [5, 5.41) is 11.7. The molecule has 4 heteroatoms. The number of benzene rings is 3. The van der Waals surface area contributed by atoms with Gasteiger partial charge < -0.3 is 10.1 Å². The van der Waals surface area contributed by atoms with Gasteiger partial charge in [-0.1, -0.05) is 45.0 Å². The lowest BCUT2D eigenvalue weighted by atomic mass is 9.87. The minimum absolute atomic E-state index is 0.118. The van der Waals surface area contributed by atoms with E-state index in [-0.39, 0.29) is 11.3 Å². The van der Waals surface area contributed by atoms with Gasteiger partial charge in [-0.3, -0.25) is 4.79 Å². The van der Waals surface area contributed by atoms with E-state index in [2.05, 4.69) is 44.3 Å². The maximum absolute atomic E-state index is 12.4. The smallest absolute Gasteiger partial charge is 0.255 e. The first-order valence-electron chi connectivity index (χ1n) is 9.49. The fourth-order valence-corrected chi connectivity index (χ4v) is 2.80. The highest BCUT2D eigenvalue weighted by molar-refractivity contribution is 6.04. The Morgan fingerprint density at radius 1 is 0.931 bits per heavy atom. The van der Waals surface area contributed by atoms with Crippen LogP contribution in [-0.2, 0) is 12.0 Å². The number of nitrogens with one attached hydrogen (secondary N) is 1. The van der Waals surface area contributed by atoms with Crippen LogP contribution < -0.4 is 10.1 Å². The molecule has 0 aliphatic rings. The molecule has 4 nitrogen and oxygen atoms in total. The van der Waals surface area contributed by atoms with Crippen LogP contribution in [0.5, 0.6) is 5.75 Å². The molecule has 3 rings (SSSR count). The molecule has 0 unspecified atom stereocenters.